The minimum Gasteiger partial charge on any atom is -0.495 e. The monoisotopic (exact) mass is 403 g/mol. The van der Waals surface area contributed by atoms with Crippen LogP contribution >= 0.6 is 11.6 Å². The predicted octanol–water partition coefficient (Wildman–Crippen LogP) is 5.32. The molecule has 0 saturated carbocycles. The summed E-state index contributed by atoms with van der Waals surface area (Å²) in [5.74, 6) is 0.316. The van der Waals surface area contributed by atoms with E-state index in [0.717, 1.165) is 22.5 Å². The molecule has 2 heterocycles. The van der Waals surface area contributed by atoms with Crippen molar-refractivity contribution in [2.75, 3.05) is 12.4 Å². The van der Waals surface area contributed by atoms with Crippen molar-refractivity contribution in [3.63, 3.8) is 0 Å². The fraction of sp³-hybridized carbons (Fsp3) is 0.0435. The van der Waals surface area contributed by atoms with E-state index < -0.39 is 0 Å². The fourth-order valence-corrected chi connectivity index (χ4v) is 3.08. The highest BCUT2D eigenvalue weighted by atomic mass is 35.5. The lowest BCUT2D eigenvalue weighted by Crippen LogP contribution is -2.09. The number of anilines is 1. The number of fused-ring (bicyclic) bond motifs is 1. The Hall–Kier alpha value is -3.57. The number of carbonyl (C=O) groups excluding carboxylic acids is 1. The Kier molecular flexibility index (Phi) is 5.31. The number of hydrogen-bond donors (Lipinski definition) is 1. The zero-order chi connectivity index (χ0) is 20.2. The zero-order valence-electron chi connectivity index (χ0n) is 15.7. The normalized spacial score (nSPS) is 11.1. The number of methoxy groups -OCH3 is 1. The second kappa shape index (κ2) is 8.20. The van der Waals surface area contributed by atoms with Crippen molar-refractivity contribution in [3.8, 4) is 17.0 Å². The molecule has 0 unspecified atom stereocenters. The van der Waals surface area contributed by atoms with Gasteiger partial charge in [0, 0.05) is 29.1 Å². The van der Waals surface area contributed by atoms with E-state index in [-0.39, 0.29) is 5.91 Å². The lowest BCUT2D eigenvalue weighted by Gasteiger charge is -2.10. The van der Waals surface area contributed by atoms with Gasteiger partial charge in [-0.3, -0.25) is 4.79 Å². The van der Waals surface area contributed by atoms with Gasteiger partial charge in [0.2, 0.25) is 5.91 Å². The van der Waals surface area contributed by atoms with E-state index in [2.05, 4.69) is 10.3 Å². The van der Waals surface area contributed by atoms with Gasteiger partial charge in [-0.25, -0.2) is 4.98 Å². The summed E-state index contributed by atoms with van der Waals surface area (Å²) >= 11 is 5.88. The molecule has 29 heavy (non-hydrogen) atoms. The Balaban J connectivity index is 1.58. The average Bonchev–Trinajstić information content (AvgIpc) is 3.17. The number of amides is 1. The Morgan fingerprint density at radius 3 is 2.72 bits per heavy atom. The third-order valence-electron chi connectivity index (χ3n) is 4.41. The van der Waals surface area contributed by atoms with E-state index in [1.807, 2.05) is 65.3 Å². The lowest BCUT2D eigenvalue weighted by atomic mass is 10.1. The molecule has 4 rings (SSSR count). The summed E-state index contributed by atoms with van der Waals surface area (Å²) in [6, 6.07) is 18.7. The Bertz CT molecular complexity index is 1160. The van der Waals surface area contributed by atoms with Crippen molar-refractivity contribution in [3.05, 3.63) is 89.7 Å². The lowest BCUT2D eigenvalue weighted by molar-refractivity contribution is -0.111. The topological polar surface area (TPSA) is 55.6 Å². The van der Waals surface area contributed by atoms with Crippen LogP contribution < -0.4 is 10.1 Å². The number of aromatic nitrogens is 2. The molecule has 1 N–H and O–H groups in total. The molecule has 0 spiro atoms. The molecular weight excluding hydrogens is 386 g/mol. The van der Waals surface area contributed by atoms with Crippen molar-refractivity contribution in [1.82, 2.24) is 9.38 Å². The van der Waals surface area contributed by atoms with Gasteiger partial charge in [0.15, 0.2) is 0 Å². The molecule has 0 radical (unpaired) electrons. The summed E-state index contributed by atoms with van der Waals surface area (Å²) in [5, 5.41) is 3.53. The van der Waals surface area contributed by atoms with Crippen LogP contribution in [0.3, 0.4) is 0 Å². The predicted molar refractivity (Wildman–Crippen MR) is 116 cm³/mol. The number of imidazole rings is 1. The second-order valence-electron chi connectivity index (χ2n) is 6.38. The van der Waals surface area contributed by atoms with Crippen molar-refractivity contribution < 1.29 is 9.53 Å². The van der Waals surface area contributed by atoms with E-state index in [1.54, 1.807) is 25.3 Å². The van der Waals surface area contributed by atoms with Crippen LogP contribution in [-0.4, -0.2) is 22.4 Å². The number of hydrogen-bond acceptors (Lipinski definition) is 3. The first-order valence-corrected chi connectivity index (χ1v) is 9.37. The highest BCUT2D eigenvalue weighted by Crippen LogP contribution is 2.30. The second-order valence-corrected chi connectivity index (χ2v) is 6.82. The molecule has 6 heteroatoms. The van der Waals surface area contributed by atoms with Gasteiger partial charge in [0.1, 0.15) is 11.4 Å². The Labute approximate surface area is 173 Å². The van der Waals surface area contributed by atoms with Crippen LogP contribution in [-0.2, 0) is 4.79 Å². The first-order valence-electron chi connectivity index (χ1n) is 8.99. The van der Waals surface area contributed by atoms with Crippen LogP contribution in [0.4, 0.5) is 5.69 Å². The standard InChI is InChI=1S/C23H18ClN3O2/c1-29-21-11-8-17(20-15-27-13-3-2-4-22(27)25-20)14-19(21)26-23(28)12-7-16-5-9-18(24)10-6-16/h2-15H,1H3,(H,26,28)/b12-7+. The van der Waals surface area contributed by atoms with E-state index in [1.165, 1.54) is 6.08 Å². The molecule has 0 atom stereocenters. The Morgan fingerprint density at radius 2 is 1.97 bits per heavy atom. The minimum absolute atomic E-state index is 0.259. The third kappa shape index (κ3) is 4.31. The van der Waals surface area contributed by atoms with Crippen LogP contribution in [0.25, 0.3) is 23.0 Å². The number of benzene rings is 2. The molecule has 2 aromatic carbocycles. The van der Waals surface area contributed by atoms with E-state index in [0.29, 0.717) is 16.5 Å². The minimum atomic E-state index is -0.259. The molecule has 144 valence electrons. The molecule has 4 aromatic rings. The smallest absolute Gasteiger partial charge is 0.248 e. The maximum atomic E-state index is 12.4. The summed E-state index contributed by atoms with van der Waals surface area (Å²) in [6.45, 7) is 0. The zero-order valence-corrected chi connectivity index (χ0v) is 16.4. The fourth-order valence-electron chi connectivity index (χ4n) is 2.96. The summed E-state index contributed by atoms with van der Waals surface area (Å²) in [5.41, 5.74) is 4.01. The maximum absolute atomic E-state index is 12.4. The van der Waals surface area contributed by atoms with Crippen LogP contribution in [0.15, 0.2) is 79.1 Å². The largest absolute Gasteiger partial charge is 0.495 e. The molecule has 0 saturated heterocycles. The molecule has 0 fully saturated rings. The summed E-state index contributed by atoms with van der Waals surface area (Å²) in [6.07, 6.45) is 7.09. The third-order valence-corrected chi connectivity index (χ3v) is 4.67. The van der Waals surface area contributed by atoms with Crippen LogP contribution in [0.1, 0.15) is 5.56 Å². The van der Waals surface area contributed by atoms with E-state index >= 15 is 0 Å². The number of nitrogens with zero attached hydrogens (tertiary/aromatic N) is 2. The van der Waals surface area contributed by atoms with Gasteiger partial charge in [-0.15, -0.1) is 0 Å². The van der Waals surface area contributed by atoms with Crippen molar-refractivity contribution in [1.29, 1.82) is 0 Å². The molecule has 0 aliphatic carbocycles. The summed E-state index contributed by atoms with van der Waals surface area (Å²) in [7, 11) is 1.57. The Morgan fingerprint density at radius 1 is 1.14 bits per heavy atom. The van der Waals surface area contributed by atoms with Gasteiger partial charge in [-0.1, -0.05) is 29.8 Å². The molecular formula is C23H18ClN3O2. The van der Waals surface area contributed by atoms with Gasteiger partial charge < -0.3 is 14.5 Å². The van der Waals surface area contributed by atoms with Crippen molar-refractivity contribution in [2.45, 2.75) is 0 Å². The number of nitrogens with one attached hydrogen (secondary N) is 1. The van der Waals surface area contributed by atoms with Gasteiger partial charge >= 0.3 is 0 Å². The number of rotatable bonds is 5. The van der Waals surface area contributed by atoms with Gasteiger partial charge in [-0.05, 0) is 54.1 Å². The van der Waals surface area contributed by atoms with Crippen molar-refractivity contribution >= 4 is 34.9 Å². The van der Waals surface area contributed by atoms with Gasteiger partial charge in [-0.2, -0.15) is 0 Å². The SMILES string of the molecule is COc1ccc(-c2cn3ccccc3n2)cc1NC(=O)/C=C/c1ccc(Cl)cc1. The van der Waals surface area contributed by atoms with Crippen LogP contribution in [0.5, 0.6) is 5.75 Å². The highest BCUT2D eigenvalue weighted by molar-refractivity contribution is 6.30. The first kappa shape index (κ1) is 18.8. The van der Waals surface area contributed by atoms with E-state index in [9.17, 15) is 4.79 Å². The molecule has 2 aromatic heterocycles. The summed E-state index contributed by atoms with van der Waals surface area (Å²) in [4.78, 5) is 17.0. The quantitative estimate of drug-likeness (QED) is 0.459. The number of pyridine rings is 1. The van der Waals surface area contributed by atoms with E-state index in [4.69, 9.17) is 16.3 Å². The van der Waals surface area contributed by atoms with Gasteiger partial charge in [0.05, 0.1) is 18.5 Å². The first-order chi connectivity index (χ1) is 14.1. The number of ether oxygens (including phenoxy) is 1. The molecule has 1 amide bonds. The molecule has 5 nitrogen and oxygen atoms in total. The maximum Gasteiger partial charge on any atom is 0.248 e. The highest BCUT2D eigenvalue weighted by Gasteiger charge is 2.10. The molecule has 0 aliphatic rings. The summed E-state index contributed by atoms with van der Waals surface area (Å²) < 4.78 is 7.34. The van der Waals surface area contributed by atoms with Crippen LogP contribution in [0.2, 0.25) is 5.02 Å². The average molecular weight is 404 g/mol. The number of carbonyl (C=O) groups is 1. The van der Waals surface area contributed by atoms with Gasteiger partial charge in [0.25, 0.3) is 0 Å². The molecule has 0 bridgehead atoms. The van der Waals surface area contributed by atoms with Crippen LogP contribution in [0, 0.1) is 0 Å². The number of halogens is 1. The molecule has 0 aliphatic heterocycles. The van der Waals surface area contributed by atoms with Crippen molar-refractivity contribution in [2.24, 2.45) is 0 Å².